The second kappa shape index (κ2) is 8.61. The average Bonchev–Trinajstić information content (AvgIpc) is 3.24. The van der Waals surface area contributed by atoms with Crippen molar-refractivity contribution in [3.8, 4) is 16.9 Å². The summed E-state index contributed by atoms with van der Waals surface area (Å²) >= 11 is 0. The van der Waals surface area contributed by atoms with E-state index in [-0.39, 0.29) is 0 Å². The Morgan fingerprint density at radius 2 is 1.85 bits per heavy atom. The lowest BCUT2D eigenvalue weighted by molar-refractivity contribution is -0.107. The minimum absolute atomic E-state index is 0.679. The van der Waals surface area contributed by atoms with Gasteiger partial charge in [-0.1, -0.05) is 25.0 Å². The highest BCUT2D eigenvalue weighted by molar-refractivity contribution is 5.60. The molecule has 0 aliphatic carbocycles. The normalized spacial score (nSPS) is 11.0. The van der Waals surface area contributed by atoms with E-state index in [1.54, 1.807) is 0 Å². The summed E-state index contributed by atoms with van der Waals surface area (Å²) in [4.78, 5) is 18.2. The van der Waals surface area contributed by atoms with Gasteiger partial charge in [-0.05, 0) is 50.5 Å². The van der Waals surface area contributed by atoms with Crippen molar-refractivity contribution in [2.75, 3.05) is 0 Å². The number of unbranched alkanes of at least 4 members (excludes halogenated alkanes) is 4. The summed E-state index contributed by atoms with van der Waals surface area (Å²) in [5.74, 6) is 1.03. The van der Waals surface area contributed by atoms with Crippen LogP contribution in [0.2, 0.25) is 0 Å². The van der Waals surface area contributed by atoms with E-state index in [9.17, 15) is 4.79 Å². The molecule has 0 amide bonds. The van der Waals surface area contributed by atoms with Crippen molar-refractivity contribution in [2.24, 2.45) is 0 Å². The first-order valence-electron chi connectivity index (χ1n) is 9.29. The number of nitrogens with zero attached hydrogens (tertiary/aromatic N) is 3. The summed E-state index contributed by atoms with van der Waals surface area (Å²) in [5.41, 5.74) is 5.39. The van der Waals surface area contributed by atoms with Gasteiger partial charge in [0.2, 0.25) is 0 Å². The maximum absolute atomic E-state index is 10.3. The number of benzene rings is 1. The Bertz CT molecular complexity index is 845. The second-order valence-electron chi connectivity index (χ2n) is 6.75. The van der Waals surface area contributed by atoms with Gasteiger partial charge < -0.3 is 9.78 Å². The molecule has 0 unspecified atom stereocenters. The topological polar surface area (TPSA) is 63.6 Å². The SMILES string of the molecule is Cc1cc(C)n(-c2ccc(-c3cnc(CCCCCCC=O)[nH]3)cc2)n1. The third-order valence-corrected chi connectivity index (χ3v) is 4.55. The largest absolute Gasteiger partial charge is 0.342 e. The van der Waals surface area contributed by atoms with Crippen LogP contribution >= 0.6 is 0 Å². The zero-order valence-electron chi connectivity index (χ0n) is 15.5. The maximum Gasteiger partial charge on any atom is 0.119 e. The minimum atomic E-state index is 0.679. The van der Waals surface area contributed by atoms with Gasteiger partial charge in [0, 0.05) is 18.5 Å². The molecule has 2 aromatic heterocycles. The molecule has 5 heteroatoms. The van der Waals surface area contributed by atoms with Crippen molar-refractivity contribution in [2.45, 2.75) is 52.4 Å². The van der Waals surface area contributed by atoms with Crippen LogP contribution in [-0.2, 0) is 11.2 Å². The maximum atomic E-state index is 10.3. The highest BCUT2D eigenvalue weighted by atomic mass is 16.1. The number of nitrogens with one attached hydrogen (secondary N) is 1. The highest BCUT2D eigenvalue weighted by Gasteiger charge is 2.06. The molecular formula is C21H26N4O. The summed E-state index contributed by atoms with van der Waals surface area (Å²) < 4.78 is 1.96. The van der Waals surface area contributed by atoms with E-state index >= 15 is 0 Å². The van der Waals surface area contributed by atoms with Gasteiger partial charge >= 0.3 is 0 Å². The smallest absolute Gasteiger partial charge is 0.119 e. The van der Waals surface area contributed by atoms with Crippen molar-refractivity contribution in [3.05, 3.63) is 53.7 Å². The number of carbonyl (C=O) groups excluding carboxylic acids is 1. The highest BCUT2D eigenvalue weighted by Crippen LogP contribution is 2.21. The summed E-state index contributed by atoms with van der Waals surface area (Å²) in [6.45, 7) is 4.07. The minimum Gasteiger partial charge on any atom is -0.342 e. The third kappa shape index (κ3) is 4.48. The van der Waals surface area contributed by atoms with Crippen LogP contribution in [0, 0.1) is 13.8 Å². The Hall–Kier alpha value is -2.69. The lowest BCUT2D eigenvalue weighted by atomic mass is 10.1. The van der Waals surface area contributed by atoms with E-state index in [1.165, 1.54) is 0 Å². The number of carbonyl (C=O) groups is 1. The number of hydrogen-bond acceptors (Lipinski definition) is 3. The van der Waals surface area contributed by atoms with Gasteiger partial charge in [0.1, 0.15) is 12.1 Å². The van der Waals surface area contributed by atoms with Gasteiger partial charge in [0.25, 0.3) is 0 Å². The Morgan fingerprint density at radius 3 is 2.54 bits per heavy atom. The third-order valence-electron chi connectivity index (χ3n) is 4.55. The van der Waals surface area contributed by atoms with Gasteiger partial charge in [-0.15, -0.1) is 0 Å². The van der Waals surface area contributed by atoms with Crippen LogP contribution in [0.15, 0.2) is 36.5 Å². The van der Waals surface area contributed by atoms with E-state index in [1.807, 2.05) is 17.8 Å². The first kappa shape index (κ1) is 18.1. The number of H-pyrrole nitrogens is 1. The molecule has 136 valence electrons. The zero-order chi connectivity index (χ0) is 18.4. The van der Waals surface area contributed by atoms with Crippen LogP contribution in [0.4, 0.5) is 0 Å². The molecule has 0 aliphatic heterocycles. The quantitative estimate of drug-likeness (QED) is 0.454. The molecule has 0 aliphatic rings. The fraction of sp³-hybridized carbons (Fsp3) is 0.381. The Balaban J connectivity index is 1.59. The van der Waals surface area contributed by atoms with E-state index in [2.05, 4.69) is 52.3 Å². The summed E-state index contributed by atoms with van der Waals surface area (Å²) in [7, 11) is 0. The van der Waals surface area contributed by atoms with E-state index < -0.39 is 0 Å². The molecule has 0 bridgehead atoms. The molecule has 3 rings (SSSR count). The van der Waals surface area contributed by atoms with Crippen LogP contribution in [0.3, 0.4) is 0 Å². The van der Waals surface area contributed by atoms with E-state index in [0.717, 1.165) is 72.5 Å². The molecular weight excluding hydrogens is 324 g/mol. The lowest BCUT2D eigenvalue weighted by Crippen LogP contribution is -1.98. The monoisotopic (exact) mass is 350 g/mol. The van der Waals surface area contributed by atoms with Crippen LogP contribution in [-0.4, -0.2) is 26.0 Å². The first-order valence-corrected chi connectivity index (χ1v) is 9.29. The Kier molecular flexibility index (Phi) is 6.00. The van der Waals surface area contributed by atoms with Gasteiger partial charge in [-0.25, -0.2) is 9.67 Å². The summed E-state index contributed by atoms with van der Waals surface area (Å²) in [5, 5.41) is 4.52. The molecule has 0 saturated heterocycles. The zero-order valence-corrected chi connectivity index (χ0v) is 15.5. The predicted octanol–water partition coefficient (Wildman–Crippen LogP) is 4.57. The van der Waals surface area contributed by atoms with Gasteiger partial charge in [0.05, 0.1) is 23.3 Å². The number of hydrogen-bond donors (Lipinski definition) is 1. The van der Waals surface area contributed by atoms with Gasteiger partial charge in [-0.2, -0.15) is 5.10 Å². The van der Waals surface area contributed by atoms with Crippen LogP contribution < -0.4 is 0 Å². The number of aromatic amines is 1. The molecule has 0 fully saturated rings. The molecule has 1 aromatic carbocycles. The predicted molar refractivity (Wildman–Crippen MR) is 103 cm³/mol. The van der Waals surface area contributed by atoms with Crippen molar-refractivity contribution in [1.29, 1.82) is 0 Å². The number of aryl methyl sites for hydroxylation is 3. The molecule has 5 nitrogen and oxygen atoms in total. The molecule has 0 atom stereocenters. The van der Waals surface area contributed by atoms with Crippen LogP contribution in [0.25, 0.3) is 16.9 Å². The lowest BCUT2D eigenvalue weighted by Gasteiger charge is -2.05. The Labute approximate surface area is 154 Å². The van der Waals surface area contributed by atoms with Gasteiger partial charge in [0.15, 0.2) is 0 Å². The van der Waals surface area contributed by atoms with Crippen molar-refractivity contribution < 1.29 is 4.79 Å². The van der Waals surface area contributed by atoms with Crippen molar-refractivity contribution in [3.63, 3.8) is 0 Å². The van der Waals surface area contributed by atoms with Crippen molar-refractivity contribution >= 4 is 6.29 Å². The summed E-state index contributed by atoms with van der Waals surface area (Å²) in [6.07, 6.45) is 8.88. The van der Waals surface area contributed by atoms with Crippen LogP contribution in [0.1, 0.15) is 49.3 Å². The molecule has 26 heavy (non-hydrogen) atoms. The molecule has 3 aromatic rings. The molecule has 0 saturated carbocycles. The first-order chi connectivity index (χ1) is 12.7. The number of aromatic nitrogens is 4. The fourth-order valence-electron chi connectivity index (χ4n) is 3.18. The number of rotatable bonds is 9. The number of aldehydes is 1. The van der Waals surface area contributed by atoms with E-state index in [0.29, 0.717) is 6.42 Å². The van der Waals surface area contributed by atoms with Gasteiger partial charge in [-0.3, -0.25) is 0 Å². The fourth-order valence-corrected chi connectivity index (χ4v) is 3.18. The molecule has 0 spiro atoms. The standard InChI is InChI=1S/C21H26N4O/c1-16-14-17(2)25(24-16)19-11-9-18(10-12-19)20-15-22-21(23-20)8-6-4-3-5-7-13-26/h9-15H,3-8H2,1-2H3,(H,22,23). The Morgan fingerprint density at radius 1 is 1.08 bits per heavy atom. The average molecular weight is 350 g/mol. The number of imidazole rings is 1. The van der Waals surface area contributed by atoms with Crippen molar-refractivity contribution in [1.82, 2.24) is 19.7 Å². The molecule has 0 radical (unpaired) electrons. The van der Waals surface area contributed by atoms with Crippen LogP contribution in [0.5, 0.6) is 0 Å². The molecule has 2 heterocycles. The molecule has 1 N–H and O–H groups in total. The second-order valence-corrected chi connectivity index (χ2v) is 6.75. The summed E-state index contributed by atoms with van der Waals surface area (Å²) in [6, 6.07) is 10.4. The van der Waals surface area contributed by atoms with E-state index in [4.69, 9.17) is 0 Å².